The molecule has 2 nitrogen and oxygen atoms in total. The number of nitrogens with one attached hydrogen (secondary N) is 1. The third-order valence-corrected chi connectivity index (χ3v) is 1.75. The summed E-state index contributed by atoms with van der Waals surface area (Å²) in [5.74, 6) is 0.940. The molecule has 3 heteroatoms. The minimum absolute atomic E-state index is 0.940. The molecule has 0 aromatic carbocycles. The average molecular weight is 215 g/mol. The predicted octanol–water partition coefficient (Wildman–Crippen LogP) is 2.67. The highest BCUT2D eigenvalue weighted by Gasteiger charge is 1.90. The Kier molecular flexibility index (Phi) is 3.36. The van der Waals surface area contributed by atoms with Gasteiger partial charge in [-0.05, 0) is 34.5 Å². The van der Waals surface area contributed by atoms with E-state index in [9.17, 15) is 0 Å². The summed E-state index contributed by atoms with van der Waals surface area (Å²) in [7, 11) is 0. The second kappa shape index (κ2) is 4.34. The lowest BCUT2D eigenvalue weighted by atomic mass is 10.4. The molecule has 1 aromatic heterocycles. The molecule has 0 spiro atoms. The quantitative estimate of drug-likeness (QED) is 0.838. The van der Waals surface area contributed by atoms with Crippen LogP contribution < -0.4 is 5.32 Å². The highest BCUT2D eigenvalue weighted by molar-refractivity contribution is 9.10. The van der Waals surface area contributed by atoms with Crippen LogP contribution in [0.25, 0.3) is 0 Å². The van der Waals surface area contributed by atoms with Crippen LogP contribution in [0.2, 0.25) is 0 Å². The van der Waals surface area contributed by atoms with Crippen LogP contribution in [-0.4, -0.2) is 11.5 Å². The Morgan fingerprint density at radius 1 is 1.55 bits per heavy atom. The zero-order chi connectivity index (χ0) is 8.10. The van der Waals surface area contributed by atoms with Crippen LogP contribution in [0.15, 0.2) is 22.8 Å². The van der Waals surface area contributed by atoms with Crippen molar-refractivity contribution in [1.29, 1.82) is 0 Å². The molecule has 0 amide bonds. The van der Waals surface area contributed by atoms with Gasteiger partial charge in [0.1, 0.15) is 5.82 Å². The van der Waals surface area contributed by atoms with Crippen LogP contribution in [0.4, 0.5) is 5.82 Å². The van der Waals surface area contributed by atoms with Gasteiger partial charge < -0.3 is 5.32 Å². The number of rotatable bonds is 3. The minimum atomic E-state index is 0.940. The van der Waals surface area contributed by atoms with E-state index in [1.165, 1.54) is 0 Å². The molecular weight excluding hydrogens is 204 g/mol. The minimum Gasteiger partial charge on any atom is -0.370 e. The first kappa shape index (κ1) is 8.53. The van der Waals surface area contributed by atoms with E-state index in [0.29, 0.717) is 0 Å². The van der Waals surface area contributed by atoms with Gasteiger partial charge in [-0.25, -0.2) is 4.98 Å². The topological polar surface area (TPSA) is 24.9 Å². The zero-order valence-electron chi connectivity index (χ0n) is 6.47. The normalized spacial score (nSPS) is 9.64. The van der Waals surface area contributed by atoms with E-state index in [2.05, 4.69) is 33.2 Å². The van der Waals surface area contributed by atoms with Crippen LogP contribution in [0.5, 0.6) is 0 Å². The van der Waals surface area contributed by atoms with Gasteiger partial charge in [-0.15, -0.1) is 0 Å². The van der Waals surface area contributed by atoms with Gasteiger partial charge in [-0.1, -0.05) is 6.92 Å². The Labute approximate surface area is 75.2 Å². The molecule has 0 unspecified atom stereocenters. The van der Waals surface area contributed by atoms with E-state index in [-0.39, 0.29) is 0 Å². The van der Waals surface area contributed by atoms with Crippen LogP contribution in [-0.2, 0) is 0 Å². The van der Waals surface area contributed by atoms with E-state index in [1.54, 1.807) is 6.20 Å². The van der Waals surface area contributed by atoms with Crippen LogP contribution in [0.1, 0.15) is 13.3 Å². The number of anilines is 1. The molecule has 11 heavy (non-hydrogen) atoms. The summed E-state index contributed by atoms with van der Waals surface area (Å²) in [4.78, 5) is 4.16. The van der Waals surface area contributed by atoms with Crippen molar-refractivity contribution in [1.82, 2.24) is 4.98 Å². The van der Waals surface area contributed by atoms with Crippen LogP contribution in [0, 0.1) is 0 Å². The molecule has 0 atom stereocenters. The first-order valence-corrected chi connectivity index (χ1v) is 4.47. The van der Waals surface area contributed by atoms with Crippen molar-refractivity contribution >= 4 is 21.7 Å². The average Bonchev–Trinajstić information content (AvgIpc) is 2.04. The maximum absolute atomic E-state index is 4.16. The summed E-state index contributed by atoms with van der Waals surface area (Å²) in [5.41, 5.74) is 0. The Hall–Kier alpha value is -0.570. The summed E-state index contributed by atoms with van der Waals surface area (Å²) in [6, 6.07) is 3.94. The molecule has 0 saturated heterocycles. The van der Waals surface area contributed by atoms with Crippen LogP contribution in [0.3, 0.4) is 0 Å². The lowest BCUT2D eigenvalue weighted by Gasteiger charge is -2.01. The van der Waals surface area contributed by atoms with Crippen molar-refractivity contribution in [3.8, 4) is 0 Å². The third-order valence-electron chi connectivity index (χ3n) is 1.28. The number of aromatic nitrogens is 1. The number of halogens is 1. The van der Waals surface area contributed by atoms with Gasteiger partial charge in [0.2, 0.25) is 0 Å². The molecule has 0 radical (unpaired) electrons. The Morgan fingerprint density at radius 3 is 2.91 bits per heavy atom. The smallest absolute Gasteiger partial charge is 0.125 e. The number of nitrogens with zero attached hydrogens (tertiary/aromatic N) is 1. The summed E-state index contributed by atoms with van der Waals surface area (Å²) < 4.78 is 1.01. The van der Waals surface area contributed by atoms with Crippen molar-refractivity contribution in [2.24, 2.45) is 0 Å². The lowest BCUT2D eigenvalue weighted by Crippen LogP contribution is -2.00. The molecule has 0 saturated carbocycles. The fourth-order valence-corrected chi connectivity index (χ4v) is 0.968. The molecule has 1 N–H and O–H groups in total. The van der Waals surface area contributed by atoms with Gasteiger partial charge in [-0.3, -0.25) is 0 Å². The third kappa shape index (κ3) is 2.89. The lowest BCUT2D eigenvalue weighted by molar-refractivity contribution is 0.969. The maximum Gasteiger partial charge on any atom is 0.125 e. The second-order valence-corrected chi connectivity index (χ2v) is 3.20. The largest absolute Gasteiger partial charge is 0.370 e. The fraction of sp³-hybridized carbons (Fsp3) is 0.375. The van der Waals surface area contributed by atoms with Gasteiger partial charge in [0.25, 0.3) is 0 Å². The standard InChI is InChI=1S/C8H11BrN2/c1-2-5-10-8-4-3-7(9)6-11-8/h3-4,6H,2,5H2,1H3,(H,10,11). The molecule has 1 rings (SSSR count). The first-order chi connectivity index (χ1) is 5.33. The van der Waals surface area contributed by atoms with Gasteiger partial charge >= 0.3 is 0 Å². The highest BCUT2D eigenvalue weighted by Crippen LogP contribution is 2.09. The Bertz CT molecular complexity index is 208. The summed E-state index contributed by atoms with van der Waals surface area (Å²) in [5, 5.41) is 3.19. The van der Waals surface area contributed by atoms with Crippen molar-refractivity contribution in [3.05, 3.63) is 22.8 Å². The Balaban J connectivity index is 2.52. The van der Waals surface area contributed by atoms with Gasteiger partial charge in [-0.2, -0.15) is 0 Å². The van der Waals surface area contributed by atoms with Gasteiger partial charge in [0.05, 0.1) is 0 Å². The summed E-state index contributed by atoms with van der Waals surface area (Å²) in [6.45, 7) is 3.11. The number of hydrogen-bond acceptors (Lipinski definition) is 2. The molecule has 0 fully saturated rings. The molecule has 60 valence electrons. The SMILES string of the molecule is CCCNc1ccc(Br)cn1. The molecule has 1 aromatic rings. The van der Waals surface area contributed by atoms with E-state index < -0.39 is 0 Å². The highest BCUT2D eigenvalue weighted by atomic mass is 79.9. The van der Waals surface area contributed by atoms with Crippen molar-refractivity contribution < 1.29 is 0 Å². The Morgan fingerprint density at radius 2 is 2.36 bits per heavy atom. The molecular formula is C8H11BrN2. The molecule has 0 aliphatic heterocycles. The summed E-state index contributed by atoms with van der Waals surface area (Å²) >= 11 is 3.32. The van der Waals surface area contributed by atoms with E-state index in [4.69, 9.17) is 0 Å². The van der Waals surface area contributed by atoms with Gasteiger partial charge in [0, 0.05) is 17.2 Å². The first-order valence-electron chi connectivity index (χ1n) is 3.68. The van der Waals surface area contributed by atoms with E-state index in [1.807, 2.05) is 12.1 Å². The van der Waals surface area contributed by atoms with Crippen molar-refractivity contribution in [3.63, 3.8) is 0 Å². The van der Waals surface area contributed by atoms with Crippen molar-refractivity contribution in [2.45, 2.75) is 13.3 Å². The number of pyridine rings is 1. The maximum atomic E-state index is 4.16. The van der Waals surface area contributed by atoms with Crippen molar-refractivity contribution in [2.75, 3.05) is 11.9 Å². The van der Waals surface area contributed by atoms with E-state index in [0.717, 1.165) is 23.3 Å². The molecule has 0 aliphatic rings. The molecule has 1 heterocycles. The molecule has 0 aliphatic carbocycles. The zero-order valence-corrected chi connectivity index (χ0v) is 8.06. The summed E-state index contributed by atoms with van der Waals surface area (Å²) in [6.07, 6.45) is 2.91. The van der Waals surface area contributed by atoms with Crippen LogP contribution >= 0.6 is 15.9 Å². The second-order valence-electron chi connectivity index (χ2n) is 2.29. The van der Waals surface area contributed by atoms with Gasteiger partial charge in [0.15, 0.2) is 0 Å². The fourth-order valence-electron chi connectivity index (χ4n) is 0.733. The number of hydrogen-bond donors (Lipinski definition) is 1. The predicted molar refractivity (Wildman–Crippen MR) is 50.7 cm³/mol. The molecule has 0 bridgehead atoms. The monoisotopic (exact) mass is 214 g/mol. The van der Waals surface area contributed by atoms with E-state index >= 15 is 0 Å².